The molecule has 0 aliphatic heterocycles. The van der Waals surface area contributed by atoms with Gasteiger partial charge in [-0.25, -0.2) is 0 Å². The van der Waals surface area contributed by atoms with Gasteiger partial charge < -0.3 is 14.6 Å². The van der Waals surface area contributed by atoms with Crippen LogP contribution in [0.2, 0.25) is 0 Å². The van der Waals surface area contributed by atoms with Gasteiger partial charge in [-0.2, -0.15) is 0 Å². The summed E-state index contributed by atoms with van der Waals surface area (Å²) in [6.45, 7) is 0. The van der Waals surface area contributed by atoms with Crippen molar-refractivity contribution < 1.29 is 14.6 Å². The van der Waals surface area contributed by atoms with E-state index in [2.05, 4.69) is 0 Å². The van der Waals surface area contributed by atoms with Gasteiger partial charge in [-0.15, -0.1) is 0 Å². The molecule has 17 heavy (non-hydrogen) atoms. The smallest absolute Gasteiger partial charge is 0.161 e. The minimum atomic E-state index is -0.683. The van der Waals surface area contributed by atoms with Crippen LogP contribution in [0.25, 0.3) is 0 Å². The molecule has 1 N–H and O–H groups in total. The van der Waals surface area contributed by atoms with Gasteiger partial charge in [0, 0.05) is 0 Å². The Labute approximate surface area is 102 Å². The lowest BCUT2D eigenvalue weighted by molar-refractivity contribution is -0.000832. The molecule has 3 nitrogen and oxygen atoms in total. The highest BCUT2D eigenvalue weighted by Crippen LogP contribution is 2.40. The second-order valence-electron chi connectivity index (χ2n) is 4.66. The van der Waals surface area contributed by atoms with Gasteiger partial charge in [-0.1, -0.05) is 25.3 Å². The van der Waals surface area contributed by atoms with Crippen LogP contribution in [0.3, 0.4) is 0 Å². The van der Waals surface area contributed by atoms with Crippen molar-refractivity contribution in [3.8, 4) is 11.5 Å². The third-order valence-electron chi connectivity index (χ3n) is 3.60. The van der Waals surface area contributed by atoms with Crippen molar-refractivity contribution in [3.63, 3.8) is 0 Å². The normalized spacial score (nSPS) is 18.8. The van der Waals surface area contributed by atoms with Gasteiger partial charge in [0.15, 0.2) is 11.5 Å². The molecule has 0 amide bonds. The summed E-state index contributed by atoms with van der Waals surface area (Å²) in [5.41, 5.74) is 0.257. The van der Waals surface area contributed by atoms with Gasteiger partial charge in [0.1, 0.15) is 0 Å². The fourth-order valence-corrected chi connectivity index (χ4v) is 2.55. The van der Waals surface area contributed by atoms with Crippen LogP contribution in [0.1, 0.15) is 37.7 Å². The highest BCUT2D eigenvalue weighted by molar-refractivity contribution is 5.44. The third-order valence-corrected chi connectivity index (χ3v) is 3.60. The lowest BCUT2D eigenvalue weighted by atomic mass is 9.79. The zero-order valence-electron chi connectivity index (χ0n) is 10.5. The molecule has 0 radical (unpaired) electrons. The summed E-state index contributed by atoms with van der Waals surface area (Å²) >= 11 is 0. The molecule has 0 spiro atoms. The molecule has 1 aliphatic carbocycles. The number of hydrogen-bond acceptors (Lipinski definition) is 3. The Morgan fingerprint density at radius 1 is 1.00 bits per heavy atom. The van der Waals surface area contributed by atoms with Crippen molar-refractivity contribution in [2.24, 2.45) is 0 Å². The van der Waals surface area contributed by atoms with Crippen molar-refractivity contribution in [1.29, 1.82) is 0 Å². The molecule has 94 valence electrons. The van der Waals surface area contributed by atoms with Crippen LogP contribution in [0.5, 0.6) is 11.5 Å². The van der Waals surface area contributed by atoms with E-state index < -0.39 is 5.60 Å². The number of ether oxygens (including phenoxy) is 2. The third kappa shape index (κ3) is 2.39. The van der Waals surface area contributed by atoms with Gasteiger partial charge in [-0.3, -0.25) is 0 Å². The molecule has 0 aromatic heterocycles. The summed E-state index contributed by atoms with van der Waals surface area (Å²) in [4.78, 5) is 0. The van der Waals surface area contributed by atoms with Crippen molar-refractivity contribution in [1.82, 2.24) is 0 Å². The highest BCUT2D eigenvalue weighted by Gasteiger charge is 2.31. The minimum absolute atomic E-state index is 0.683. The summed E-state index contributed by atoms with van der Waals surface area (Å²) in [6, 6.07) is 5.69. The monoisotopic (exact) mass is 236 g/mol. The fraction of sp³-hybridized carbons (Fsp3) is 0.571. The first kappa shape index (κ1) is 12.2. The van der Waals surface area contributed by atoms with Crippen LogP contribution in [0, 0.1) is 0 Å². The lowest BCUT2D eigenvalue weighted by Gasteiger charge is -2.32. The maximum absolute atomic E-state index is 10.6. The minimum Gasteiger partial charge on any atom is -0.493 e. The van der Waals surface area contributed by atoms with Crippen molar-refractivity contribution >= 4 is 0 Å². The largest absolute Gasteiger partial charge is 0.493 e. The molecule has 1 aromatic rings. The Kier molecular flexibility index (Phi) is 3.57. The molecule has 0 bridgehead atoms. The molecule has 0 saturated heterocycles. The first-order valence-corrected chi connectivity index (χ1v) is 6.14. The molecule has 1 fully saturated rings. The fourth-order valence-electron chi connectivity index (χ4n) is 2.55. The van der Waals surface area contributed by atoms with Crippen LogP contribution in [-0.2, 0) is 5.60 Å². The van der Waals surface area contributed by atoms with E-state index in [1.807, 2.05) is 18.2 Å². The summed E-state index contributed by atoms with van der Waals surface area (Å²) in [5, 5.41) is 10.6. The molecule has 1 aromatic carbocycles. The zero-order valence-corrected chi connectivity index (χ0v) is 10.5. The average Bonchev–Trinajstić information content (AvgIpc) is 2.38. The number of aliphatic hydroxyl groups is 1. The van der Waals surface area contributed by atoms with E-state index >= 15 is 0 Å². The van der Waals surface area contributed by atoms with Gasteiger partial charge in [0.05, 0.1) is 19.8 Å². The Hall–Kier alpha value is -1.22. The first-order chi connectivity index (χ1) is 8.19. The van der Waals surface area contributed by atoms with Gasteiger partial charge in [0.2, 0.25) is 0 Å². The molecule has 1 saturated carbocycles. The maximum Gasteiger partial charge on any atom is 0.161 e. The van der Waals surface area contributed by atoms with Crippen LogP contribution in [0.15, 0.2) is 18.2 Å². The first-order valence-electron chi connectivity index (χ1n) is 6.14. The summed E-state index contributed by atoms with van der Waals surface area (Å²) < 4.78 is 10.5. The molecule has 3 heteroatoms. The predicted molar refractivity (Wildman–Crippen MR) is 66.5 cm³/mol. The van der Waals surface area contributed by atoms with E-state index in [9.17, 15) is 5.11 Å². The van der Waals surface area contributed by atoms with E-state index in [0.717, 1.165) is 31.2 Å². The van der Waals surface area contributed by atoms with Crippen LogP contribution >= 0.6 is 0 Å². The van der Waals surface area contributed by atoms with Crippen LogP contribution < -0.4 is 9.47 Å². The number of hydrogen-bond donors (Lipinski definition) is 1. The topological polar surface area (TPSA) is 38.7 Å². The highest BCUT2D eigenvalue weighted by atomic mass is 16.5. The second-order valence-corrected chi connectivity index (χ2v) is 4.66. The Bertz CT molecular complexity index is 381. The quantitative estimate of drug-likeness (QED) is 0.877. The lowest BCUT2D eigenvalue weighted by Crippen LogP contribution is -2.28. The molecule has 2 rings (SSSR count). The Balaban J connectivity index is 2.32. The molecule has 0 atom stereocenters. The summed E-state index contributed by atoms with van der Waals surface area (Å²) in [5.74, 6) is 1.39. The maximum atomic E-state index is 10.6. The second kappa shape index (κ2) is 4.96. The summed E-state index contributed by atoms with van der Waals surface area (Å²) in [6.07, 6.45) is 5.07. The van der Waals surface area contributed by atoms with E-state index in [4.69, 9.17) is 9.47 Å². The van der Waals surface area contributed by atoms with Gasteiger partial charge in [0.25, 0.3) is 0 Å². The van der Waals surface area contributed by atoms with E-state index in [-0.39, 0.29) is 0 Å². The number of rotatable bonds is 3. The van der Waals surface area contributed by atoms with Gasteiger partial charge in [-0.05, 0) is 30.5 Å². The molecule has 0 unspecified atom stereocenters. The Morgan fingerprint density at radius 2 is 1.65 bits per heavy atom. The van der Waals surface area contributed by atoms with Gasteiger partial charge >= 0.3 is 0 Å². The zero-order chi connectivity index (χ0) is 12.3. The number of benzene rings is 1. The van der Waals surface area contributed by atoms with E-state index in [0.29, 0.717) is 11.5 Å². The predicted octanol–water partition coefficient (Wildman–Crippen LogP) is 2.86. The SMILES string of the molecule is COc1ccc(C2(O)CCCCC2)cc1OC. The molecular weight excluding hydrogens is 216 g/mol. The van der Waals surface area contributed by atoms with Crippen molar-refractivity contribution in [3.05, 3.63) is 23.8 Å². The van der Waals surface area contributed by atoms with E-state index in [1.165, 1.54) is 6.42 Å². The molecule has 0 heterocycles. The van der Waals surface area contributed by atoms with Crippen LogP contribution in [0.4, 0.5) is 0 Å². The van der Waals surface area contributed by atoms with E-state index in [1.54, 1.807) is 14.2 Å². The average molecular weight is 236 g/mol. The molecule has 1 aliphatic rings. The van der Waals surface area contributed by atoms with Crippen molar-refractivity contribution in [2.75, 3.05) is 14.2 Å². The van der Waals surface area contributed by atoms with Crippen molar-refractivity contribution in [2.45, 2.75) is 37.7 Å². The standard InChI is InChI=1S/C14H20O3/c1-16-12-7-6-11(10-13(12)17-2)14(15)8-4-3-5-9-14/h6-7,10,15H,3-5,8-9H2,1-2H3. The Morgan fingerprint density at radius 3 is 2.24 bits per heavy atom. The number of methoxy groups -OCH3 is 2. The summed E-state index contributed by atoms with van der Waals surface area (Å²) in [7, 11) is 3.24. The van der Waals surface area contributed by atoms with Crippen LogP contribution in [-0.4, -0.2) is 19.3 Å². The molecular formula is C14H20O3.